The van der Waals surface area contributed by atoms with Gasteiger partial charge < -0.3 is 5.73 Å². The molecule has 1 nitrogen and oxygen atoms in total. The topological polar surface area (TPSA) is 26.0 Å². The van der Waals surface area contributed by atoms with E-state index in [1.807, 2.05) is 26.0 Å². The molecule has 0 fully saturated rings. The van der Waals surface area contributed by atoms with Crippen molar-refractivity contribution in [2.45, 2.75) is 27.2 Å². The van der Waals surface area contributed by atoms with Gasteiger partial charge in [0.2, 0.25) is 0 Å². The number of nitrogens with two attached hydrogens (primary N) is 1. The van der Waals surface area contributed by atoms with Crippen LogP contribution in [-0.4, -0.2) is 5.88 Å². The first-order valence-corrected chi connectivity index (χ1v) is 5.18. The molecule has 13 heavy (non-hydrogen) atoms. The number of nitrogen functional groups attached to an aromatic ring is 1. The highest BCUT2D eigenvalue weighted by Crippen LogP contribution is 2.14. The summed E-state index contributed by atoms with van der Waals surface area (Å²) in [5, 5.41) is 0. The van der Waals surface area contributed by atoms with E-state index in [0.717, 1.165) is 17.7 Å². The lowest BCUT2D eigenvalue weighted by molar-refractivity contribution is 1.14. The summed E-state index contributed by atoms with van der Waals surface area (Å²) in [6.45, 7) is 6.05. The van der Waals surface area contributed by atoms with E-state index < -0.39 is 0 Å². The molecule has 0 aromatic heterocycles. The van der Waals surface area contributed by atoms with Crippen LogP contribution in [0.15, 0.2) is 18.2 Å². The highest BCUT2D eigenvalue weighted by molar-refractivity contribution is 6.18. The normalized spacial score (nSPS) is 8.92. The molecule has 0 spiro atoms. The molecule has 1 aromatic rings. The van der Waals surface area contributed by atoms with Gasteiger partial charge in [-0.2, -0.15) is 0 Å². The summed E-state index contributed by atoms with van der Waals surface area (Å²) in [6, 6.07) is 6.02. The third-order valence-corrected chi connectivity index (χ3v) is 1.85. The van der Waals surface area contributed by atoms with Gasteiger partial charge in [0.15, 0.2) is 0 Å². The standard InChI is InChI=1S/C9H12ClN.C2H6/c1-7-2-3-9(11)8(6-7)4-5-10;1-2/h2-3,6H,4-5,11H2,1H3;1-2H3. The molecular weight excluding hydrogens is 182 g/mol. The first-order chi connectivity index (χ1) is 6.24. The average molecular weight is 200 g/mol. The summed E-state index contributed by atoms with van der Waals surface area (Å²) >= 11 is 5.60. The number of hydrogen-bond donors (Lipinski definition) is 1. The quantitative estimate of drug-likeness (QED) is 0.574. The van der Waals surface area contributed by atoms with Gasteiger partial charge in [0, 0.05) is 11.6 Å². The van der Waals surface area contributed by atoms with E-state index >= 15 is 0 Å². The maximum Gasteiger partial charge on any atom is 0.0347 e. The zero-order valence-corrected chi connectivity index (χ0v) is 9.36. The summed E-state index contributed by atoms with van der Waals surface area (Å²) in [5.74, 6) is 0.633. The Balaban J connectivity index is 0.000000671. The molecule has 74 valence electrons. The highest BCUT2D eigenvalue weighted by Gasteiger charge is 1.97. The maximum atomic E-state index is 5.72. The number of halogens is 1. The molecule has 0 radical (unpaired) electrons. The lowest BCUT2D eigenvalue weighted by Gasteiger charge is -2.03. The lowest BCUT2D eigenvalue weighted by atomic mass is 10.1. The minimum Gasteiger partial charge on any atom is -0.399 e. The van der Waals surface area contributed by atoms with Crippen molar-refractivity contribution in [1.82, 2.24) is 0 Å². The van der Waals surface area contributed by atoms with E-state index in [1.54, 1.807) is 0 Å². The smallest absolute Gasteiger partial charge is 0.0347 e. The number of benzene rings is 1. The van der Waals surface area contributed by atoms with Gasteiger partial charge in [0.25, 0.3) is 0 Å². The first kappa shape index (κ1) is 12.3. The van der Waals surface area contributed by atoms with E-state index in [1.165, 1.54) is 5.56 Å². The Morgan fingerprint density at radius 1 is 1.31 bits per heavy atom. The molecule has 0 bridgehead atoms. The number of anilines is 1. The van der Waals surface area contributed by atoms with Crippen molar-refractivity contribution in [3.8, 4) is 0 Å². The number of rotatable bonds is 2. The Morgan fingerprint density at radius 2 is 1.92 bits per heavy atom. The third-order valence-electron chi connectivity index (χ3n) is 1.66. The molecule has 0 aliphatic heterocycles. The summed E-state index contributed by atoms with van der Waals surface area (Å²) in [6.07, 6.45) is 0.856. The molecule has 0 unspecified atom stereocenters. The fourth-order valence-electron chi connectivity index (χ4n) is 1.05. The minimum absolute atomic E-state index is 0.633. The Hall–Kier alpha value is -0.690. The third kappa shape index (κ3) is 4.18. The molecule has 0 amide bonds. The van der Waals surface area contributed by atoms with Gasteiger partial charge in [-0.3, -0.25) is 0 Å². The van der Waals surface area contributed by atoms with Crippen molar-refractivity contribution >= 4 is 17.3 Å². The van der Waals surface area contributed by atoms with Gasteiger partial charge in [0.05, 0.1) is 0 Å². The van der Waals surface area contributed by atoms with E-state index in [4.69, 9.17) is 17.3 Å². The van der Waals surface area contributed by atoms with Crippen LogP contribution in [-0.2, 0) is 6.42 Å². The second-order valence-electron chi connectivity index (χ2n) is 2.64. The molecule has 0 saturated heterocycles. The Kier molecular flexibility index (Phi) is 6.43. The summed E-state index contributed by atoms with van der Waals surface area (Å²) in [5.41, 5.74) is 8.95. The average Bonchev–Trinajstić information content (AvgIpc) is 2.15. The molecule has 0 heterocycles. The van der Waals surface area contributed by atoms with Crippen LogP contribution >= 0.6 is 11.6 Å². The van der Waals surface area contributed by atoms with Crippen molar-refractivity contribution in [2.75, 3.05) is 11.6 Å². The van der Waals surface area contributed by atoms with E-state index in [2.05, 4.69) is 13.0 Å². The van der Waals surface area contributed by atoms with E-state index in [9.17, 15) is 0 Å². The van der Waals surface area contributed by atoms with Crippen LogP contribution in [0.1, 0.15) is 25.0 Å². The molecule has 0 aliphatic rings. The molecule has 0 atom stereocenters. The van der Waals surface area contributed by atoms with Gasteiger partial charge in [-0.15, -0.1) is 11.6 Å². The van der Waals surface area contributed by atoms with Crippen molar-refractivity contribution < 1.29 is 0 Å². The molecule has 0 saturated carbocycles. The van der Waals surface area contributed by atoms with Crippen molar-refractivity contribution in [3.05, 3.63) is 29.3 Å². The summed E-state index contributed by atoms with van der Waals surface area (Å²) < 4.78 is 0. The van der Waals surface area contributed by atoms with Gasteiger partial charge in [0.1, 0.15) is 0 Å². The fourth-order valence-corrected chi connectivity index (χ4v) is 1.26. The maximum absolute atomic E-state index is 5.72. The Morgan fingerprint density at radius 3 is 2.46 bits per heavy atom. The Bertz CT molecular complexity index is 246. The zero-order chi connectivity index (χ0) is 10.3. The SMILES string of the molecule is CC.Cc1ccc(N)c(CCCl)c1. The molecule has 1 aromatic carbocycles. The summed E-state index contributed by atoms with van der Waals surface area (Å²) in [7, 11) is 0. The van der Waals surface area contributed by atoms with Crippen LogP contribution in [0, 0.1) is 6.92 Å². The molecule has 1 rings (SSSR count). The zero-order valence-electron chi connectivity index (χ0n) is 8.60. The van der Waals surface area contributed by atoms with Crippen molar-refractivity contribution in [3.63, 3.8) is 0 Å². The van der Waals surface area contributed by atoms with Crippen molar-refractivity contribution in [2.24, 2.45) is 0 Å². The van der Waals surface area contributed by atoms with E-state index in [0.29, 0.717) is 5.88 Å². The van der Waals surface area contributed by atoms with Crippen LogP contribution in [0.25, 0.3) is 0 Å². The summed E-state index contributed by atoms with van der Waals surface area (Å²) in [4.78, 5) is 0. The molecule has 2 N–H and O–H groups in total. The van der Waals surface area contributed by atoms with Crippen LogP contribution < -0.4 is 5.73 Å². The van der Waals surface area contributed by atoms with Crippen molar-refractivity contribution in [1.29, 1.82) is 0 Å². The molecule has 2 heteroatoms. The number of aryl methyl sites for hydroxylation is 2. The predicted molar refractivity (Wildman–Crippen MR) is 61.4 cm³/mol. The second kappa shape index (κ2) is 6.79. The van der Waals surface area contributed by atoms with Crippen LogP contribution in [0.5, 0.6) is 0 Å². The van der Waals surface area contributed by atoms with Gasteiger partial charge in [-0.1, -0.05) is 31.5 Å². The van der Waals surface area contributed by atoms with Crippen LogP contribution in [0.2, 0.25) is 0 Å². The fraction of sp³-hybridized carbons (Fsp3) is 0.455. The van der Waals surface area contributed by atoms with Crippen LogP contribution in [0.4, 0.5) is 5.69 Å². The monoisotopic (exact) mass is 199 g/mol. The molecule has 0 aliphatic carbocycles. The minimum atomic E-state index is 0.633. The number of hydrogen-bond acceptors (Lipinski definition) is 1. The van der Waals surface area contributed by atoms with Gasteiger partial charge in [-0.25, -0.2) is 0 Å². The first-order valence-electron chi connectivity index (χ1n) is 4.65. The van der Waals surface area contributed by atoms with E-state index in [-0.39, 0.29) is 0 Å². The second-order valence-corrected chi connectivity index (χ2v) is 3.02. The highest BCUT2D eigenvalue weighted by atomic mass is 35.5. The predicted octanol–water partition coefficient (Wildman–Crippen LogP) is 3.38. The largest absolute Gasteiger partial charge is 0.399 e. The van der Waals surface area contributed by atoms with Gasteiger partial charge in [-0.05, 0) is 25.0 Å². The lowest BCUT2D eigenvalue weighted by Crippen LogP contribution is -1.95. The van der Waals surface area contributed by atoms with Gasteiger partial charge >= 0.3 is 0 Å². The Labute approximate surface area is 85.9 Å². The van der Waals surface area contributed by atoms with Crippen LogP contribution in [0.3, 0.4) is 0 Å². The molecular formula is C11H18ClN. The number of alkyl halides is 1.